The molecule has 0 unspecified atom stereocenters. The highest BCUT2D eigenvalue weighted by Gasteiger charge is 2.30. The quantitative estimate of drug-likeness (QED) is 0.372. The van der Waals surface area contributed by atoms with Crippen molar-refractivity contribution >= 4 is 26.8 Å². The van der Waals surface area contributed by atoms with E-state index in [1.165, 1.54) is 18.2 Å². The van der Waals surface area contributed by atoms with E-state index < -0.39 is 15.6 Å². The molecule has 0 saturated heterocycles. The van der Waals surface area contributed by atoms with Gasteiger partial charge in [-0.3, -0.25) is 4.79 Å². The number of sulfonamides is 1. The van der Waals surface area contributed by atoms with Gasteiger partial charge in [-0.15, -0.1) is 0 Å². The van der Waals surface area contributed by atoms with Gasteiger partial charge < -0.3 is 15.2 Å². The van der Waals surface area contributed by atoms with Gasteiger partial charge in [0.2, 0.25) is 21.8 Å². The summed E-state index contributed by atoms with van der Waals surface area (Å²) in [5.41, 5.74) is 0.620. The highest BCUT2D eigenvalue weighted by atomic mass is 32.2. The Balaban J connectivity index is 1.34. The molecule has 0 bridgehead atoms. The number of aliphatic hydroxyl groups excluding tert-OH is 1. The van der Waals surface area contributed by atoms with Crippen molar-refractivity contribution < 1.29 is 27.4 Å². The van der Waals surface area contributed by atoms with Gasteiger partial charge in [-0.1, -0.05) is 12.1 Å². The van der Waals surface area contributed by atoms with Crippen LogP contribution in [0.25, 0.3) is 10.9 Å². The molecule has 1 aliphatic carbocycles. The summed E-state index contributed by atoms with van der Waals surface area (Å²) in [6.45, 7) is 5.17. The first kappa shape index (κ1) is 27.9. The maximum absolute atomic E-state index is 13.2. The SMILES string of the molecule is C[C@@H](NC(=O)C1CCC(NS(=O)(=O)c2ccc3nc(OC(C)(C)CO)ccc3c2)CC1)c1ccc(F)cc1. The molecule has 1 fully saturated rings. The Labute approximate surface area is 222 Å². The van der Waals surface area contributed by atoms with Crippen LogP contribution in [-0.4, -0.2) is 42.7 Å². The van der Waals surface area contributed by atoms with Crippen molar-refractivity contribution in [2.24, 2.45) is 5.92 Å². The Kier molecular flexibility index (Phi) is 8.34. The lowest BCUT2D eigenvalue weighted by molar-refractivity contribution is -0.126. The smallest absolute Gasteiger partial charge is 0.240 e. The Morgan fingerprint density at radius 1 is 1.11 bits per heavy atom. The summed E-state index contributed by atoms with van der Waals surface area (Å²) in [6, 6.07) is 13.6. The lowest BCUT2D eigenvalue weighted by Gasteiger charge is -2.29. The van der Waals surface area contributed by atoms with E-state index in [0.29, 0.717) is 42.5 Å². The number of rotatable bonds is 9. The number of ether oxygens (including phenoxy) is 1. The number of halogens is 1. The lowest BCUT2D eigenvalue weighted by Crippen LogP contribution is -2.41. The number of aliphatic hydroxyl groups is 1. The van der Waals surface area contributed by atoms with E-state index in [4.69, 9.17) is 4.74 Å². The van der Waals surface area contributed by atoms with Gasteiger partial charge in [0, 0.05) is 23.4 Å². The molecule has 2 aromatic carbocycles. The molecule has 1 saturated carbocycles. The molecule has 1 aliphatic rings. The molecule has 204 valence electrons. The van der Waals surface area contributed by atoms with Crippen LogP contribution < -0.4 is 14.8 Å². The average molecular weight is 544 g/mol. The molecule has 1 heterocycles. The number of carbonyl (C=O) groups excluding carboxylic acids is 1. The summed E-state index contributed by atoms with van der Waals surface area (Å²) in [7, 11) is -3.76. The van der Waals surface area contributed by atoms with Gasteiger partial charge in [-0.25, -0.2) is 22.5 Å². The number of benzene rings is 2. The zero-order chi connectivity index (χ0) is 27.5. The van der Waals surface area contributed by atoms with Crippen LogP contribution in [-0.2, 0) is 14.8 Å². The number of nitrogens with zero attached hydrogens (tertiary/aromatic N) is 1. The standard InChI is InChI=1S/C28H34FN3O5S/c1-18(19-4-9-22(29)10-5-19)30-27(34)20-6-11-23(12-7-20)32-38(35,36)24-13-14-25-21(16-24)8-15-26(31-25)37-28(2,3)17-33/h4-5,8-10,13-16,18,20,23,32-33H,6-7,11-12,17H2,1-3H3,(H,30,34)/t18-,20?,23?/m1/s1. The number of aromatic nitrogens is 1. The first-order valence-electron chi connectivity index (χ1n) is 12.7. The number of amides is 1. The van der Waals surface area contributed by atoms with Crippen LogP contribution in [0.3, 0.4) is 0 Å². The third kappa shape index (κ3) is 6.86. The van der Waals surface area contributed by atoms with Crippen LogP contribution in [0.15, 0.2) is 59.5 Å². The number of nitrogens with one attached hydrogen (secondary N) is 2. The second kappa shape index (κ2) is 11.3. The summed E-state index contributed by atoms with van der Waals surface area (Å²) in [6.07, 6.45) is 2.25. The largest absolute Gasteiger partial charge is 0.469 e. The van der Waals surface area contributed by atoms with Crippen molar-refractivity contribution in [3.05, 3.63) is 66.0 Å². The van der Waals surface area contributed by atoms with Crippen molar-refractivity contribution in [2.75, 3.05) is 6.61 Å². The van der Waals surface area contributed by atoms with Crippen molar-refractivity contribution in [3.63, 3.8) is 0 Å². The predicted octanol–water partition coefficient (Wildman–Crippen LogP) is 4.24. The van der Waals surface area contributed by atoms with E-state index in [-0.39, 0.29) is 41.2 Å². The normalized spacial score (nSPS) is 19.2. The molecule has 3 aromatic rings. The third-order valence-corrected chi connectivity index (χ3v) is 8.37. The molecule has 3 N–H and O–H groups in total. The van der Waals surface area contributed by atoms with Gasteiger partial charge in [0.15, 0.2) is 0 Å². The third-order valence-electron chi connectivity index (χ3n) is 6.86. The van der Waals surface area contributed by atoms with Crippen molar-refractivity contribution in [2.45, 2.75) is 69.0 Å². The van der Waals surface area contributed by atoms with Crippen LogP contribution in [0.1, 0.15) is 58.1 Å². The van der Waals surface area contributed by atoms with Crippen molar-refractivity contribution in [1.82, 2.24) is 15.0 Å². The van der Waals surface area contributed by atoms with Crippen LogP contribution in [0.2, 0.25) is 0 Å². The summed E-state index contributed by atoms with van der Waals surface area (Å²) < 4.78 is 47.8. The van der Waals surface area contributed by atoms with E-state index in [1.807, 2.05) is 6.92 Å². The van der Waals surface area contributed by atoms with Crippen LogP contribution in [0.4, 0.5) is 4.39 Å². The van der Waals surface area contributed by atoms with Crippen molar-refractivity contribution in [1.29, 1.82) is 0 Å². The van der Waals surface area contributed by atoms with Gasteiger partial charge in [0.1, 0.15) is 11.4 Å². The van der Waals surface area contributed by atoms with Gasteiger partial charge >= 0.3 is 0 Å². The molecule has 4 rings (SSSR count). The molecule has 0 radical (unpaired) electrons. The second-order valence-corrected chi connectivity index (χ2v) is 12.2. The highest BCUT2D eigenvalue weighted by Crippen LogP contribution is 2.28. The Morgan fingerprint density at radius 3 is 2.45 bits per heavy atom. The molecule has 1 amide bonds. The van der Waals surface area contributed by atoms with E-state index in [1.54, 1.807) is 50.2 Å². The molecular weight excluding hydrogens is 509 g/mol. The van der Waals surface area contributed by atoms with Gasteiger partial charge in [0.05, 0.1) is 23.1 Å². The molecular formula is C28H34FN3O5S. The summed E-state index contributed by atoms with van der Waals surface area (Å²) in [5, 5.41) is 13.0. The fourth-order valence-electron chi connectivity index (χ4n) is 4.55. The minimum Gasteiger partial charge on any atom is -0.469 e. The van der Waals surface area contributed by atoms with Crippen LogP contribution in [0.5, 0.6) is 5.88 Å². The van der Waals surface area contributed by atoms with E-state index in [2.05, 4.69) is 15.0 Å². The van der Waals surface area contributed by atoms with E-state index in [9.17, 15) is 22.7 Å². The minimum atomic E-state index is -3.76. The number of hydrogen-bond donors (Lipinski definition) is 3. The van der Waals surface area contributed by atoms with E-state index in [0.717, 1.165) is 5.56 Å². The molecule has 8 nitrogen and oxygen atoms in total. The first-order valence-corrected chi connectivity index (χ1v) is 14.2. The average Bonchev–Trinajstić information content (AvgIpc) is 2.88. The zero-order valence-electron chi connectivity index (χ0n) is 21.8. The highest BCUT2D eigenvalue weighted by molar-refractivity contribution is 7.89. The summed E-state index contributed by atoms with van der Waals surface area (Å²) in [5.74, 6) is -0.248. The number of pyridine rings is 1. The summed E-state index contributed by atoms with van der Waals surface area (Å²) in [4.78, 5) is 17.3. The Morgan fingerprint density at radius 2 is 1.79 bits per heavy atom. The van der Waals surface area contributed by atoms with Crippen LogP contribution >= 0.6 is 0 Å². The van der Waals surface area contributed by atoms with Gasteiger partial charge in [-0.2, -0.15) is 0 Å². The molecule has 10 heteroatoms. The fraction of sp³-hybridized carbons (Fsp3) is 0.429. The van der Waals surface area contributed by atoms with Crippen LogP contribution in [0, 0.1) is 11.7 Å². The molecule has 38 heavy (non-hydrogen) atoms. The molecule has 0 spiro atoms. The lowest BCUT2D eigenvalue weighted by atomic mass is 9.85. The topological polar surface area (TPSA) is 118 Å². The summed E-state index contributed by atoms with van der Waals surface area (Å²) >= 11 is 0. The van der Waals surface area contributed by atoms with E-state index >= 15 is 0 Å². The maximum Gasteiger partial charge on any atom is 0.240 e. The number of carbonyl (C=O) groups is 1. The van der Waals surface area contributed by atoms with Gasteiger partial charge in [-0.05, 0) is 88.4 Å². The number of hydrogen-bond acceptors (Lipinski definition) is 6. The molecule has 1 aromatic heterocycles. The minimum absolute atomic E-state index is 0.0733. The molecule has 0 aliphatic heterocycles. The molecule has 1 atom stereocenters. The van der Waals surface area contributed by atoms with Crippen molar-refractivity contribution in [3.8, 4) is 5.88 Å². The Bertz CT molecular complexity index is 1390. The van der Waals surface area contributed by atoms with Gasteiger partial charge in [0.25, 0.3) is 0 Å². The zero-order valence-corrected chi connectivity index (χ0v) is 22.6. The fourth-order valence-corrected chi connectivity index (χ4v) is 5.89. The second-order valence-electron chi connectivity index (χ2n) is 10.5. The Hall–Kier alpha value is -3.08. The monoisotopic (exact) mass is 543 g/mol. The predicted molar refractivity (Wildman–Crippen MR) is 143 cm³/mol. The number of fused-ring (bicyclic) bond motifs is 1. The maximum atomic E-state index is 13.2. The first-order chi connectivity index (χ1) is 18.0.